The average Bonchev–Trinajstić information content (AvgIpc) is 2.22. The summed E-state index contributed by atoms with van der Waals surface area (Å²) in [5, 5.41) is 10.4. The zero-order valence-electron chi connectivity index (χ0n) is 11.7. The van der Waals surface area contributed by atoms with Gasteiger partial charge in [0, 0.05) is 11.8 Å². The summed E-state index contributed by atoms with van der Waals surface area (Å²) in [5.41, 5.74) is -0.129. The van der Waals surface area contributed by atoms with Crippen LogP contribution in [0.5, 0.6) is 0 Å². The first kappa shape index (κ1) is 14.5. The minimum Gasteiger partial charge on any atom is -0.459 e. The Morgan fingerprint density at radius 1 is 1.47 bits per heavy atom. The van der Waals surface area contributed by atoms with E-state index in [0.717, 1.165) is 12.8 Å². The summed E-state index contributed by atoms with van der Waals surface area (Å²) in [5.74, 6) is 0.438. The van der Waals surface area contributed by atoms with Gasteiger partial charge in [0.2, 0.25) is 0 Å². The molecule has 3 atom stereocenters. The zero-order chi connectivity index (χ0) is 13.2. The summed E-state index contributed by atoms with van der Waals surface area (Å²) in [6.07, 6.45) is 1.47. The van der Waals surface area contributed by atoms with Crippen LogP contribution >= 0.6 is 0 Å². The highest BCUT2D eigenvalue weighted by molar-refractivity contribution is 5.69. The molecule has 0 saturated heterocycles. The highest BCUT2D eigenvalue weighted by Gasteiger charge is 2.46. The van der Waals surface area contributed by atoms with Crippen LogP contribution in [0.25, 0.3) is 0 Å². The number of carbonyl (C=O) groups is 1. The molecular formula is C14H26O3. The quantitative estimate of drug-likeness (QED) is 0.774. The number of ether oxygens (including phenoxy) is 1. The van der Waals surface area contributed by atoms with Gasteiger partial charge in [-0.15, -0.1) is 0 Å². The van der Waals surface area contributed by atoms with Crippen molar-refractivity contribution in [2.24, 2.45) is 17.3 Å². The third-order valence-electron chi connectivity index (χ3n) is 4.04. The molecule has 1 rings (SSSR count). The van der Waals surface area contributed by atoms with Crippen molar-refractivity contribution in [3.05, 3.63) is 0 Å². The lowest BCUT2D eigenvalue weighted by atomic mass is 9.66. The van der Waals surface area contributed by atoms with Gasteiger partial charge in [0.05, 0.1) is 6.10 Å². The Morgan fingerprint density at radius 3 is 2.53 bits per heavy atom. The lowest BCUT2D eigenvalue weighted by Crippen LogP contribution is -2.51. The molecule has 0 aliphatic heterocycles. The Morgan fingerprint density at radius 2 is 2.06 bits per heavy atom. The van der Waals surface area contributed by atoms with Gasteiger partial charge in [-0.05, 0) is 24.7 Å². The fourth-order valence-corrected chi connectivity index (χ4v) is 2.72. The normalized spacial score (nSPS) is 32.5. The summed E-state index contributed by atoms with van der Waals surface area (Å²) >= 11 is 0. The van der Waals surface area contributed by atoms with E-state index in [9.17, 15) is 9.90 Å². The minimum absolute atomic E-state index is 0.129. The molecule has 100 valence electrons. The Balaban J connectivity index is 2.82. The van der Waals surface area contributed by atoms with Crippen LogP contribution in [-0.2, 0) is 9.53 Å². The zero-order valence-corrected chi connectivity index (χ0v) is 11.7. The van der Waals surface area contributed by atoms with Gasteiger partial charge in [0.25, 0.3) is 0 Å². The number of hydrogen-bond donors (Lipinski definition) is 1. The molecule has 0 aromatic heterocycles. The Hall–Kier alpha value is -0.570. The van der Waals surface area contributed by atoms with E-state index in [1.165, 1.54) is 0 Å². The van der Waals surface area contributed by atoms with Crippen molar-refractivity contribution in [1.29, 1.82) is 0 Å². The van der Waals surface area contributed by atoms with Gasteiger partial charge >= 0.3 is 5.97 Å². The van der Waals surface area contributed by atoms with Gasteiger partial charge < -0.3 is 9.84 Å². The molecule has 0 aromatic carbocycles. The summed E-state index contributed by atoms with van der Waals surface area (Å²) in [6.45, 7) is 10.2. The molecule has 1 aliphatic carbocycles. The molecule has 3 heteroatoms. The Kier molecular flexibility index (Phi) is 4.59. The molecule has 0 spiro atoms. The van der Waals surface area contributed by atoms with Crippen molar-refractivity contribution in [1.82, 2.24) is 0 Å². The molecule has 17 heavy (non-hydrogen) atoms. The van der Waals surface area contributed by atoms with E-state index in [1.54, 1.807) is 6.92 Å². The number of aliphatic hydroxyl groups is 1. The fraction of sp³-hybridized carbons (Fsp3) is 0.929. The summed E-state index contributed by atoms with van der Waals surface area (Å²) < 4.78 is 5.46. The van der Waals surface area contributed by atoms with Gasteiger partial charge in [-0.1, -0.05) is 34.6 Å². The molecule has 1 aliphatic rings. The van der Waals surface area contributed by atoms with Crippen LogP contribution in [0.3, 0.4) is 0 Å². The first-order chi connectivity index (χ1) is 7.79. The summed E-state index contributed by atoms with van der Waals surface area (Å²) in [7, 11) is 0. The second-order valence-electron chi connectivity index (χ2n) is 6.19. The van der Waals surface area contributed by atoms with Crippen molar-refractivity contribution in [2.75, 3.05) is 0 Å². The molecule has 1 fully saturated rings. The van der Waals surface area contributed by atoms with E-state index in [2.05, 4.69) is 27.7 Å². The molecule has 0 bridgehead atoms. The fourth-order valence-electron chi connectivity index (χ4n) is 2.72. The van der Waals surface area contributed by atoms with Gasteiger partial charge in [0.1, 0.15) is 6.10 Å². The summed E-state index contributed by atoms with van der Waals surface area (Å²) in [4.78, 5) is 11.5. The van der Waals surface area contributed by atoms with E-state index >= 15 is 0 Å². The van der Waals surface area contributed by atoms with Gasteiger partial charge in [-0.3, -0.25) is 4.79 Å². The maximum atomic E-state index is 11.5. The first-order valence-electron chi connectivity index (χ1n) is 6.67. The predicted octanol–water partition coefficient (Wildman–Crippen LogP) is 2.76. The van der Waals surface area contributed by atoms with Crippen LogP contribution in [0, 0.1) is 17.3 Å². The van der Waals surface area contributed by atoms with Crippen LogP contribution < -0.4 is 0 Å². The van der Waals surface area contributed by atoms with Gasteiger partial charge in [0.15, 0.2) is 0 Å². The van der Waals surface area contributed by atoms with Crippen LogP contribution in [-0.4, -0.2) is 23.3 Å². The Bertz CT molecular complexity index is 271. The second-order valence-corrected chi connectivity index (χ2v) is 6.19. The van der Waals surface area contributed by atoms with Gasteiger partial charge in [-0.2, -0.15) is 0 Å². The maximum absolute atomic E-state index is 11.5. The second kappa shape index (κ2) is 5.38. The highest BCUT2D eigenvalue weighted by atomic mass is 16.6. The largest absolute Gasteiger partial charge is 0.459 e. The van der Waals surface area contributed by atoms with Crippen LogP contribution in [0.2, 0.25) is 0 Å². The van der Waals surface area contributed by atoms with E-state index in [0.29, 0.717) is 12.3 Å². The van der Waals surface area contributed by atoms with E-state index < -0.39 is 6.10 Å². The van der Waals surface area contributed by atoms with Crippen LogP contribution in [0.1, 0.15) is 53.9 Å². The van der Waals surface area contributed by atoms with E-state index in [-0.39, 0.29) is 23.4 Å². The van der Waals surface area contributed by atoms with E-state index in [4.69, 9.17) is 4.74 Å². The molecule has 3 nitrogen and oxygen atoms in total. The van der Waals surface area contributed by atoms with Crippen molar-refractivity contribution in [3.63, 3.8) is 0 Å². The predicted molar refractivity (Wildman–Crippen MR) is 67.5 cm³/mol. The third-order valence-corrected chi connectivity index (χ3v) is 4.04. The number of aliphatic hydroxyl groups excluding tert-OH is 1. The third kappa shape index (κ3) is 3.21. The molecule has 0 aromatic rings. The van der Waals surface area contributed by atoms with Crippen molar-refractivity contribution < 1.29 is 14.6 Å². The van der Waals surface area contributed by atoms with Crippen molar-refractivity contribution >= 4 is 5.97 Å². The van der Waals surface area contributed by atoms with Crippen LogP contribution in [0.15, 0.2) is 0 Å². The lowest BCUT2D eigenvalue weighted by molar-refractivity contribution is -0.179. The van der Waals surface area contributed by atoms with Crippen molar-refractivity contribution in [3.8, 4) is 0 Å². The first-order valence-corrected chi connectivity index (χ1v) is 6.67. The highest BCUT2D eigenvalue weighted by Crippen LogP contribution is 2.42. The van der Waals surface area contributed by atoms with Gasteiger partial charge in [-0.25, -0.2) is 0 Å². The number of esters is 1. The Labute approximate surface area is 105 Å². The molecule has 1 N–H and O–H groups in total. The number of hydrogen-bond acceptors (Lipinski definition) is 3. The minimum atomic E-state index is -0.533. The average molecular weight is 242 g/mol. The molecular weight excluding hydrogens is 216 g/mol. The molecule has 0 radical (unpaired) electrons. The smallest absolute Gasteiger partial charge is 0.305 e. The monoisotopic (exact) mass is 242 g/mol. The molecule has 0 amide bonds. The van der Waals surface area contributed by atoms with Crippen molar-refractivity contribution in [2.45, 2.75) is 66.1 Å². The van der Waals surface area contributed by atoms with E-state index in [1.807, 2.05) is 0 Å². The SMILES string of the molecule is CCC(=O)OC1C(O)C(C(C)C)CCC1(C)C. The molecule has 1 saturated carbocycles. The molecule has 3 unspecified atom stereocenters. The van der Waals surface area contributed by atoms with Crippen LogP contribution in [0.4, 0.5) is 0 Å². The molecule has 0 heterocycles. The topological polar surface area (TPSA) is 46.5 Å². The number of carbonyl (C=O) groups excluding carboxylic acids is 1. The maximum Gasteiger partial charge on any atom is 0.305 e. The summed E-state index contributed by atoms with van der Waals surface area (Å²) in [6, 6.07) is 0. The lowest BCUT2D eigenvalue weighted by Gasteiger charge is -2.46. The standard InChI is InChI=1S/C14H26O3/c1-6-11(15)17-13-12(16)10(9(2)3)7-8-14(13,4)5/h9-10,12-13,16H,6-8H2,1-5H3. The number of rotatable bonds is 3.